The molecule has 0 fully saturated rings. The van der Waals surface area contributed by atoms with E-state index in [4.69, 9.17) is 4.74 Å². The van der Waals surface area contributed by atoms with Crippen LogP contribution in [-0.2, 0) is 12.3 Å². The van der Waals surface area contributed by atoms with E-state index in [0.29, 0.717) is 34.1 Å². The largest absolute Gasteiger partial charge is 0.497 e. The van der Waals surface area contributed by atoms with Crippen LogP contribution in [0.5, 0.6) is 5.75 Å². The summed E-state index contributed by atoms with van der Waals surface area (Å²) < 4.78 is 22.6. The molecule has 0 saturated carbocycles. The molecule has 0 saturated heterocycles. The summed E-state index contributed by atoms with van der Waals surface area (Å²) in [6.07, 6.45) is 0. The zero-order chi connectivity index (χ0) is 20.5. The van der Waals surface area contributed by atoms with E-state index in [1.54, 1.807) is 17.7 Å². The van der Waals surface area contributed by atoms with Crippen molar-refractivity contribution in [3.05, 3.63) is 64.2 Å². The Morgan fingerprint density at radius 3 is 2.76 bits per heavy atom. The van der Waals surface area contributed by atoms with Crippen molar-refractivity contribution in [3.63, 3.8) is 0 Å². The standard InChI is InChI=1S/C21H21FN4O2S/c1-13(2)11-25-19(27)17-10-15(22)7-8-18(17)26-20(25)23-24-21(26)29-12-14-5-4-6-16(9-14)28-3/h4-10,13H,11-12H2,1-3H3. The minimum atomic E-state index is -0.441. The highest BCUT2D eigenvalue weighted by atomic mass is 32.2. The number of fused-ring (bicyclic) bond motifs is 3. The lowest BCUT2D eigenvalue weighted by Gasteiger charge is -2.13. The quantitative estimate of drug-likeness (QED) is 0.446. The van der Waals surface area contributed by atoms with Crippen LogP contribution in [0.25, 0.3) is 16.7 Å². The van der Waals surface area contributed by atoms with Crippen molar-refractivity contribution in [2.75, 3.05) is 7.11 Å². The average molecular weight is 412 g/mol. The Kier molecular flexibility index (Phi) is 5.27. The molecule has 0 aliphatic rings. The Balaban J connectivity index is 1.84. The minimum absolute atomic E-state index is 0.229. The summed E-state index contributed by atoms with van der Waals surface area (Å²) in [5.41, 5.74) is 1.43. The molecule has 0 N–H and O–H groups in total. The molecule has 6 nitrogen and oxygen atoms in total. The van der Waals surface area contributed by atoms with E-state index in [-0.39, 0.29) is 11.5 Å². The van der Waals surface area contributed by atoms with Crippen molar-refractivity contribution in [2.45, 2.75) is 31.3 Å². The Morgan fingerprint density at radius 1 is 1.17 bits per heavy atom. The van der Waals surface area contributed by atoms with Gasteiger partial charge in [-0.3, -0.25) is 13.8 Å². The van der Waals surface area contributed by atoms with Crippen LogP contribution in [-0.4, -0.2) is 26.3 Å². The number of aromatic nitrogens is 4. The van der Waals surface area contributed by atoms with Crippen molar-refractivity contribution in [1.82, 2.24) is 19.2 Å². The van der Waals surface area contributed by atoms with Crippen molar-refractivity contribution in [1.29, 1.82) is 0 Å². The number of hydrogen-bond donors (Lipinski definition) is 0. The molecule has 0 amide bonds. The van der Waals surface area contributed by atoms with Gasteiger partial charge in [0.1, 0.15) is 11.6 Å². The molecule has 0 spiro atoms. The SMILES string of the molecule is COc1cccc(CSc2nnc3n(CC(C)C)c(=O)c4cc(F)ccc4n23)c1. The molecule has 0 unspecified atom stereocenters. The molecule has 0 atom stereocenters. The highest BCUT2D eigenvalue weighted by molar-refractivity contribution is 7.98. The maximum atomic E-state index is 13.9. The molecule has 0 aliphatic carbocycles. The zero-order valence-corrected chi connectivity index (χ0v) is 17.2. The Hall–Kier alpha value is -2.87. The number of hydrogen-bond acceptors (Lipinski definition) is 5. The van der Waals surface area contributed by atoms with E-state index < -0.39 is 5.82 Å². The molecule has 4 rings (SSSR count). The number of thioether (sulfide) groups is 1. The smallest absolute Gasteiger partial charge is 0.262 e. The molecule has 29 heavy (non-hydrogen) atoms. The van der Waals surface area contributed by atoms with Crippen LogP contribution in [0, 0.1) is 11.7 Å². The molecule has 8 heteroatoms. The summed E-state index contributed by atoms with van der Waals surface area (Å²) in [5.74, 6) is 1.71. The summed E-state index contributed by atoms with van der Waals surface area (Å²) in [7, 11) is 1.64. The second-order valence-corrected chi connectivity index (χ2v) is 8.17. The normalized spacial score (nSPS) is 11.6. The van der Waals surface area contributed by atoms with Gasteiger partial charge in [-0.2, -0.15) is 0 Å². The first-order valence-corrected chi connectivity index (χ1v) is 10.3. The number of benzene rings is 2. The monoisotopic (exact) mass is 412 g/mol. The van der Waals surface area contributed by atoms with Crippen LogP contribution < -0.4 is 10.3 Å². The highest BCUT2D eigenvalue weighted by Gasteiger charge is 2.18. The summed E-state index contributed by atoms with van der Waals surface area (Å²) in [6, 6.07) is 12.1. The van der Waals surface area contributed by atoms with E-state index in [2.05, 4.69) is 10.2 Å². The van der Waals surface area contributed by atoms with Gasteiger partial charge in [0.15, 0.2) is 5.16 Å². The predicted octanol–water partition coefficient (Wildman–Crippen LogP) is 4.14. The van der Waals surface area contributed by atoms with Crippen molar-refractivity contribution < 1.29 is 9.13 Å². The first-order chi connectivity index (χ1) is 14.0. The molecular weight excluding hydrogens is 391 g/mol. The van der Waals surface area contributed by atoms with Gasteiger partial charge in [0.05, 0.1) is 18.0 Å². The topological polar surface area (TPSA) is 61.4 Å². The second-order valence-electron chi connectivity index (χ2n) is 7.23. The van der Waals surface area contributed by atoms with Gasteiger partial charge in [-0.1, -0.05) is 37.7 Å². The fourth-order valence-electron chi connectivity index (χ4n) is 3.29. The number of ether oxygens (including phenoxy) is 1. The van der Waals surface area contributed by atoms with E-state index in [1.807, 2.05) is 42.5 Å². The van der Waals surface area contributed by atoms with Crippen LogP contribution in [0.2, 0.25) is 0 Å². The molecular formula is C21H21FN4O2S. The first-order valence-electron chi connectivity index (χ1n) is 9.31. The first kappa shape index (κ1) is 19.4. The lowest BCUT2D eigenvalue weighted by Crippen LogP contribution is -2.25. The van der Waals surface area contributed by atoms with Crippen molar-refractivity contribution >= 4 is 28.4 Å². The molecule has 2 aromatic heterocycles. The molecule has 4 aromatic rings. The van der Waals surface area contributed by atoms with Crippen LogP contribution in [0.3, 0.4) is 0 Å². The third-order valence-corrected chi connectivity index (χ3v) is 5.58. The number of methoxy groups -OCH3 is 1. The summed E-state index contributed by atoms with van der Waals surface area (Å²) in [5, 5.41) is 9.58. The van der Waals surface area contributed by atoms with E-state index in [0.717, 1.165) is 11.3 Å². The van der Waals surface area contributed by atoms with E-state index in [9.17, 15) is 9.18 Å². The van der Waals surface area contributed by atoms with Gasteiger partial charge in [0, 0.05) is 12.3 Å². The summed E-state index contributed by atoms with van der Waals surface area (Å²) >= 11 is 1.51. The predicted molar refractivity (Wildman–Crippen MR) is 112 cm³/mol. The maximum Gasteiger partial charge on any atom is 0.262 e. The minimum Gasteiger partial charge on any atom is -0.497 e. The van der Waals surface area contributed by atoms with Crippen LogP contribution >= 0.6 is 11.8 Å². The van der Waals surface area contributed by atoms with Crippen molar-refractivity contribution in [2.24, 2.45) is 5.92 Å². The number of rotatable bonds is 6. The van der Waals surface area contributed by atoms with Crippen molar-refractivity contribution in [3.8, 4) is 5.75 Å². The molecule has 0 aliphatic heterocycles. The maximum absolute atomic E-state index is 13.9. The molecule has 0 bridgehead atoms. The molecule has 2 heterocycles. The van der Waals surface area contributed by atoms with Crippen LogP contribution in [0.4, 0.5) is 4.39 Å². The fourth-order valence-corrected chi connectivity index (χ4v) is 4.17. The van der Waals surface area contributed by atoms with E-state index in [1.165, 1.54) is 23.9 Å². The Bertz CT molecular complexity index is 1250. The second kappa shape index (κ2) is 7.87. The van der Waals surface area contributed by atoms with Crippen LogP contribution in [0.1, 0.15) is 19.4 Å². The van der Waals surface area contributed by atoms with Crippen LogP contribution in [0.15, 0.2) is 52.4 Å². The fraction of sp³-hybridized carbons (Fsp3) is 0.286. The third-order valence-electron chi connectivity index (χ3n) is 4.58. The highest BCUT2D eigenvalue weighted by Crippen LogP contribution is 2.26. The third kappa shape index (κ3) is 3.72. The van der Waals surface area contributed by atoms with Gasteiger partial charge in [0.2, 0.25) is 5.78 Å². The number of nitrogens with zero attached hydrogens (tertiary/aromatic N) is 4. The van der Waals surface area contributed by atoms with E-state index >= 15 is 0 Å². The average Bonchev–Trinajstić information content (AvgIpc) is 3.13. The Labute approximate surface area is 171 Å². The van der Waals surface area contributed by atoms with Gasteiger partial charge in [-0.15, -0.1) is 10.2 Å². The molecule has 2 aromatic carbocycles. The molecule has 150 valence electrons. The van der Waals surface area contributed by atoms with Gasteiger partial charge >= 0.3 is 0 Å². The summed E-state index contributed by atoms with van der Waals surface area (Å²) in [4.78, 5) is 13.0. The number of halogens is 1. The lowest BCUT2D eigenvalue weighted by molar-refractivity contribution is 0.414. The Morgan fingerprint density at radius 2 is 2.00 bits per heavy atom. The molecule has 0 radical (unpaired) electrons. The van der Waals surface area contributed by atoms with Gasteiger partial charge in [0.25, 0.3) is 5.56 Å². The lowest BCUT2D eigenvalue weighted by atomic mass is 10.2. The zero-order valence-electron chi connectivity index (χ0n) is 16.4. The van der Waals surface area contributed by atoms with Gasteiger partial charge < -0.3 is 4.74 Å². The summed E-state index contributed by atoms with van der Waals surface area (Å²) in [6.45, 7) is 4.52. The van der Waals surface area contributed by atoms with Gasteiger partial charge in [-0.05, 0) is 41.8 Å². The van der Waals surface area contributed by atoms with Gasteiger partial charge in [-0.25, -0.2) is 4.39 Å².